The summed E-state index contributed by atoms with van der Waals surface area (Å²) in [6.45, 7) is 1.36. The van der Waals surface area contributed by atoms with Crippen molar-refractivity contribution in [3.8, 4) is 5.75 Å². The topological polar surface area (TPSA) is 41.6 Å². The zero-order chi connectivity index (χ0) is 17.7. The van der Waals surface area contributed by atoms with Crippen molar-refractivity contribution in [1.29, 1.82) is 0 Å². The largest absolute Gasteiger partial charge is 0.484 e. The van der Waals surface area contributed by atoms with Crippen LogP contribution in [0.4, 0.5) is 13.2 Å². The predicted molar refractivity (Wildman–Crippen MR) is 84.7 cm³/mol. The van der Waals surface area contributed by atoms with E-state index in [-0.39, 0.29) is 18.2 Å². The van der Waals surface area contributed by atoms with Gasteiger partial charge in [-0.05, 0) is 50.4 Å². The lowest BCUT2D eigenvalue weighted by atomic mass is 10.2. The lowest BCUT2D eigenvalue weighted by Crippen LogP contribution is -2.40. The summed E-state index contributed by atoms with van der Waals surface area (Å²) in [5.74, 6) is 0.718. The highest BCUT2D eigenvalue weighted by Crippen LogP contribution is 2.34. The molecule has 7 heteroatoms. The van der Waals surface area contributed by atoms with Crippen molar-refractivity contribution in [2.24, 2.45) is 5.92 Å². The van der Waals surface area contributed by atoms with E-state index in [0.29, 0.717) is 24.1 Å². The minimum atomic E-state index is -4.37. The van der Waals surface area contributed by atoms with E-state index in [1.165, 1.54) is 25.0 Å². The van der Waals surface area contributed by atoms with Gasteiger partial charge in [-0.25, -0.2) is 0 Å². The number of likely N-dealkylation sites (N-methyl/N-ethyl adjacent to an activating group) is 1. The second-order valence-corrected chi connectivity index (χ2v) is 6.32. The quantitative estimate of drug-likeness (QED) is 0.788. The highest BCUT2D eigenvalue weighted by atomic mass is 19.4. The molecular weight excluding hydrogens is 321 g/mol. The number of carbonyl (C=O) groups excluding carboxylic acids is 1. The number of hydrogen-bond acceptors (Lipinski definition) is 3. The third-order valence-electron chi connectivity index (χ3n) is 4.18. The lowest BCUT2D eigenvalue weighted by molar-refractivity contribution is -0.153. The van der Waals surface area contributed by atoms with Crippen molar-refractivity contribution in [3.63, 3.8) is 0 Å². The molecule has 134 valence electrons. The average Bonchev–Trinajstić information content (AvgIpc) is 3.35. The summed E-state index contributed by atoms with van der Waals surface area (Å²) in [4.78, 5) is 14.0. The van der Waals surface area contributed by atoms with Crippen LogP contribution in [0.15, 0.2) is 24.3 Å². The predicted octanol–water partition coefficient (Wildman–Crippen LogP) is 2.97. The van der Waals surface area contributed by atoms with Crippen LogP contribution in [0.5, 0.6) is 5.75 Å². The summed E-state index contributed by atoms with van der Waals surface area (Å²) >= 11 is 0. The minimum Gasteiger partial charge on any atom is -0.484 e. The monoisotopic (exact) mass is 344 g/mol. The van der Waals surface area contributed by atoms with E-state index < -0.39 is 12.8 Å². The Hall–Kier alpha value is -1.76. The fourth-order valence-corrected chi connectivity index (χ4v) is 2.48. The zero-order valence-corrected chi connectivity index (χ0v) is 13.9. The summed E-state index contributed by atoms with van der Waals surface area (Å²) in [6.07, 6.45) is -1.93. The Morgan fingerprint density at radius 1 is 1.42 bits per heavy atom. The van der Waals surface area contributed by atoms with E-state index in [1.54, 1.807) is 12.1 Å². The number of nitrogens with zero attached hydrogens (tertiary/aromatic N) is 1. The maximum atomic E-state index is 12.2. The normalized spacial score (nSPS) is 16.1. The summed E-state index contributed by atoms with van der Waals surface area (Å²) in [5.41, 5.74) is 0.695. The van der Waals surface area contributed by atoms with Crippen molar-refractivity contribution in [2.75, 3.05) is 20.2 Å². The molecule has 1 amide bonds. The molecule has 0 bridgehead atoms. The van der Waals surface area contributed by atoms with Crippen LogP contribution in [-0.2, 0) is 11.3 Å². The molecule has 0 radical (unpaired) electrons. The molecule has 1 aromatic carbocycles. The molecule has 0 aromatic heterocycles. The number of hydrogen-bond donors (Lipinski definition) is 1. The number of alkyl halides is 3. The van der Waals surface area contributed by atoms with E-state index in [9.17, 15) is 18.0 Å². The van der Waals surface area contributed by atoms with Crippen LogP contribution < -0.4 is 10.1 Å². The number of halogens is 3. The second-order valence-electron chi connectivity index (χ2n) is 6.32. The van der Waals surface area contributed by atoms with Gasteiger partial charge < -0.3 is 10.1 Å². The molecule has 0 heterocycles. The standard InChI is InChI=1S/C17H23F3N2O2/c1-12(14-6-7-14)22(2)10-16(23)21-9-13-4-3-5-15(8-13)24-11-17(18,19)20/h3-5,8,12,14H,6-7,9-11H2,1-2H3,(H,21,23). The van der Waals surface area contributed by atoms with E-state index in [4.69, 9.17) is 4.74 Å². The van der Waals surface area contributed by atoms with Gasteiger partial charge in [0.15, 0.2) is 6.61 Å². The maximum absolute atomic E-state index is 12.2. The molecule has 0 saturated heterocycles. The van der Waals surface area contributed by atoms with E-state index in [2.05, 4.69) is 12.2 Å². The summed E-state index contributed by atoms with van der Waals surface area (Å²) in [7, 11) is 1.92. The van der Waals surface area contributed by atoms with Gasteiger partial charge in [0.05, 0.1) is 6.54 Å². The van der Waals surface area contributed by atoms with E-state index in [0.717, 1.165) is 0 Å². The molecule has 1 fully saturated rings. The molecule has 24 heavy (non-hydrogen) atoms. The second kappa shape index (κ2) is 7.88. The summed E-state index contributed by atoms with van der Waals surface area (Å²) < 4.78 is 41.2. The van der Waals surface area contributed by atoms with Crippen LogP contribution in [0.2, 0.25) is 0 Å². The van der Waals surface area contributed by atoms with Gasteiger partial charge in [0, 0.05) is 12.6 Å². The number of carbonyl (C=O) groups is 1. The Balaban J connectivity index is 1.77. The Bertz CT molecular complexity index is 559. The van der Waals surface area contributed by atoms with Crippen molar-refractivity contribution < 1.29 is 22.7 Å². The van der Waals surface area contributed by atoms with Crippen LogP contribution in [-0.4, -0.2) is 43.2 Å². The molecule has 1 N–H and O–H groups in total. The van der Waals surface area contributed by atoms with Gasteiger partial charge in [0.2, 0.25) is 5.91 Å². The number of nitrogens with one attached hydrogen (secondary N) is 1. The first-order chi connectivity index (χ1) is 11.2. The smallest absolute Gasteiger partial charge is 0.422 e. The molecule has 1 saturated carbocycles. The maximum Gasteiger partial charge on any atom is 0.422 e. The van der Waals surface area contributed by atoms with Crippen LogP contribution in [0.25, 0.3) is 0 Å². The molecule has 0 aliphatic heterocycles. The van der Waals surface area contributed by atoms with Gasteiger partial charge in [-0.3, -0.25) is 9.69 Å². The van der Waals surface area contributed by atoms with Crippen molar-refractivity contribution in [2.45, 2.75) is 38.5 Å². The number of benzene rings is 1. The molecule has 1 aromatic rings. The van der Waals surface area contributed by atoms with Gasteiger partial charge in [-0.2, -0.15) is 13.2 Å². The number of amides is 1. The highest BCUT2D eigenvalue weighted by molar-refractivity contribution is 5.78. The van der Waals surface area contributed by atoms with Gasteiger partial charge in [0.1, 0.15) is 5.75 Å². The van der Waals surface area contributed by atoms with E-state index >= 15 is 0 Å². The Labute approximate surface area is 140 Å². The van der Waals surface area contributed by atoms with Gasteiger partial charge in [-0.1, -0.05) is 12.1 Å². The number of ether oxygens (including phenoxy) is 1. The summed E-state index contributed by atoms with van der Waals surface area (Å²) in [6, 6.07) is 6.69. The van der Waals surface area contributed by atoms with Crippen molar-refractivity contribution in [1.82, 2.24) is 10.2 Å². The molecule has 0 spiro atoms. The SMILES string of the molecule is CC(C1CC1)N(C)CC(=O)NCc1cccc(OCC(F)(F)F)c1. The fraction of sp³-hybridized carbons (Fsp3) is 0.588. The van der Waals surface area contributed by atoms with Crippen LogP contribution >= 0.6 is 0 Å². The average molecular weight is 344 g/mol. The molecule has 1 aliphatic rings. The van der Waals surface area contributed by atoms with Crippen LogP contribution in [0.1, 0.15) is 25.3 Å². The fourth-order valence-electron chi connectivity index (χ4n) is 2.48. The first-order valence-electron chi connectivity index (χ1n) is 8.00. The highest BCUT2D eigenvalue weighted by Gasteiger charge is 2.31. The first kappa shape index (κ1) is 18.6. The van der Waals surface area contributed by atoms with Gasteiger partial charge in [-0.15, -0.1) is 0 Å². The van der Waals surface area contributed by atoms with Crippen molar-refractivity contribution in [3.05, 3.63) is 29.8 Å². The molecule has 1 atom stereocenters. The molecule has 4 nitrogen and oxygen atoms in total. The van der Waals surface area contributed by atoms with Crippen LogP contribution in [0, 0.1) is 5.92 Å². The third kappa shape index (κ3) is 6.39. The third-order valence-corrected chi connectivity index (χ3v) is 4.18. The zero-order valence-electron chi connectivity index (χ0n) is 13.9. The van der Waals surface area contributed by atoms with Crippen molar-refractivity contribution >= 4 is 5.91 Å². The van der Waals surface area contributed by atoms with Crippen LogP contribution in [0.3, 0.4) is 0 Å². The summed E-state index contributed by atoms with van der Waals surface area (Å²) in [5, 5.41) is 2.79. The molecule has 2 rings (SSSR count). The first-order valence-corrected chi connectivity index (χ1v) is 8.00. The van der Waals surface area contributed by atoms with E-state index in [1.807, 2.05) is 11.9 Å². The number of rotatable bonds is 8. The van der Waals surface area contributed by atoms with Gasteiger partial charge in [0.25, 0.3) is 0 Å². The Morgan fingerprint density at radius 3 is 2.75 bits per heavy atom. The molecule has 1 aliphatic carbocycles. The molecular formula is C17H23F3N2O2. The Kier molecular flexibility index (Phi) is 6.10. The lowest BCUT2D eigenvalue weighted by Gasteiger charge is -2.23. The molecule has 1 unspecified atom stereocenters. The minimum absolute atomic E-state index is 0.105. The van der Waals surface area contributed by atoms with Gasteiger partial charge >= 0.3 is 6.18 Å². The Morgan fingerprint density at radius 2 is 2.12 bits per heavy atom.